The van der Waals surface area contributed by atoms with Gasteiger partial charge in [-0.25, -0.2) is 0 Å². The van der Waals surface area contributed by atoms with Crippen LogP contribution in [-0.4, -0.2) is 42.9 Å². The van der Waals surface area contributed by atoms with E-state index in [0.717, 1.165) is 31.3 Å². The van der Waals surface area contributed by atoms with Crippen molar-refractivity contribution in [3.05, 3.63) is 59.3 Å². The number of hydrogen-bond donors (Lipinski definition) is 0. The Bertz CT molecular complexity index is 959. The van der Waals surface area contributed by atoms with Crippen molar-refractivity contribution in [3.8, 4) is 0 Å². The van der Waals surface area contributed by atoms with Crippen molar-refractivity contribution in [2.45, 2.75) is 56.9 Å². The third kappa shape index (κ3) is 3.59. The Morgan fingerprint density at radius 1 is 1.14 bits per heavy atom. The van der Waals surface area contributed by atoms with Crippen LogP contribution in [0, 0.1) is 6.92 Å². The molecule has 4 heterocycles. The summed E-state index contributed by atoms with van der Waals surface area (Å²) in [5.74, 6) is 2.66. The Kier molecular flexibility index (Phi) is 4.91. The van der Waals surface area contributed by atoms with E-state index in [1.807, 2.05) is 36.4 Å². The lowest BCUT2D eigenvalue weighted by Gasteiger charge is -2.15. The molecule has 1 saturated heterocycles. The summed E-state index contributed by atoms with van der Waals surface area (Å²) in [7, 11) is 1.99. The average Bonchev–Trinajstić information content (AvgIpc) is 3.53. The van der Waals surface area contributed by atoms with Gasteiger partial charge in [0.05, 0.1) is 12.1 Å². The minimum atomic E-state index is 0.193. The first-order valence-electron chi connectivity index (χ1n) is 10.6. The van der Waals surface area contributed by atoms with Crippen molar-refractivity contribution < 1.29 is 4.52 Å². The molecule has 2 fully saturated rings. The van der Waals surface area contributed by atoms with Gasteiger partial charge < -0.3 is 4.52 Å². The highest BCUT2D eigenvalue weighted by atomic mass is 16.5. The molecule has 0 N–H and O–H groups in total. The summed E-state index contributed by atoms with van der Waals surface area (Å²) in [6, 6.07) is 4.18. The van der Waals surface area contributed by atoms with Crippen LogP contribution in [0.5, 0.6) is 0 Å². The first kappa shape index (κ1) is 18.5. The van der Waals surface area contributed by atoms with Gasteiger partial charge in [0.2, 0.25) is 5.89 Å². The number of pyridine rings is 1. The summed E-state index contributed by atoms with van der Waals surface area (Å²) in [5, 5.41) is 8.76. The minimum absolute atomic E-state index is 0.193. The summed E-state index contributed by atoms with van der Waals surface area (Å²) >= 11 is 0. The fraction of sp³-hybridized carbons (Fsp3) is 0.545. The zero-order chi connectivity index (χ0) is 19.8. The summed E-state index contributed by atoms with van der Waals surface area (Å²) in [5.41, 5.74) is 3.73. The molecule has 0 aromatic carbocycles. The van der Waals surface area contributed by atoms with Crippen LogP contribution in [0.25, 0.3) is 0 Å². The van der Waals surface area contributed by atoms with Gasteiger partial charge in [-0.05, 0) is 31.4 Å². The molecule has 2 aliphatic rings. The molecular weight excluding hydrogens is 364 g/mol. The van der Waals surface area contributed by atoms with Crippen LogP contribution < -0.4 is 0 Å². The molecule has 7 nitrogen and oxygen atoms in total. The van der Waals surface area contributed by atoms with Crippen LogP contribution in [0.2, 0.25) is 0 Å². The van der Waals surface area contributed by atoms with Gasteiger partial charge in [0, 0.05) is 62.2 Å². The maximum Gasteiger partial charge on any atom is 0.231 e. The largest absolute Gasteiger partial charge is 0.339 e. The Hall–Kier alpha value is -2.54. The van der Waals surface area contributed by atoms with E-state index in [1.165, 1.54) is 42.5 Å². The molecule has 1 aliphatic heterocycles. The molecule has 0 spiro atoms. The number of likely N-dealkylation sites (tertiary alicyclic amines) is 1. The monoisotopic (exact) mass is 392 g/mol. The van der Waals surface area contributed by atoms with Crippen LogP contribution in [0.3, 0.4) is 0 Å². The number of aryl methyl sites for hydroxylation is 1. The van der Waals surface area contributed by atoms with E-state index in [-0.39, 0.29) is 5.92 Å². The molecule has 0 bridgehead atoms. The molecule has 3 aromatic heterocycles. The number of hydrogen-bond acceptors (Lipinski definition) is 6. The molecule has 5 rings (SSSR count). The fourth-order valence-corrected chi connectivity index (χ4v) is 4.89. The first-order valence-corrected chi connectivity index (χ1v) is 10.6. The average molecular weight is 393 g/mol. The molecule has 29 heavy (non-hydrogen) atoms. The van der Waals surface area contributed by atoms with Crippen LogP contribution in [-0.2, 0) is 13.6 Å². The van der Waals surface area contributed by atoms with Gasteiger partial charge >= 0.3 is 0 Å². The Balaban J connectivity index is 1.41. The van der Waals surface area contributed by atoms with E-state index in [1.54, 1.807) is 0 Å². The Labute approximate surface area is 171 Å². The standard InChI is InChI=1S/C22H28N6O/c1-15-18(11-24-27(15)2)12-28-13-19(17-8-5-9-23-10-17)20(14-28)22-25-21(26-29-22)16-6-3-4-7-16/h5,8-11,16,19-20H,3-4,6-7,12-14H2,1-2H3/t19-,20+/m0/s1. The summed E-state index contributed by atoms with van der Waals surface area (Å²) in [4.78, 5) is 11.7. The lowest BCUT2D eigenvalue weighted by atomic mass is 9.90. The van der Waals surface area contributed by atoms with Crippen molar-refractivity contribution in [2.24, 2.45) is 7.05 Å². The highest BCUT2D eigenvalue weighted by Gasteiger charge is 2.39. The lowest BCUT2D eigenvalue weighted by Crippen LogP contribution is -2.20. The van der Waals surface area contributed by atoms with Crippen LogP contribution in [0.1, 0.15) is 72.0 Å². The zero-order valence-electron chi connectivity index (χ0n) is 17.2. The van der Waals surface area contributed by atoms with Crippen molar-refractivity contribution in [3.63, 3.8) is 0 Å². The Morgan fingerprint density at radius 2 is 1.97 bits per heavy atom. The smallest absolute Gasteiger partial charge is 0.231 e. The minimum Gasteiger partial charge on any atom is -0.339 e. The predicted molar refractivity (Wildman–Crippen MR) is 108 cm³/mol. The van der Waals surface area contributed by atoms with Crippen LogP contribution in [0.15, 0.2) is 35.2 Å². The second kappa shape index (κ2) is 7.71. The second-order valence-electron chi connectivity index (χ2n) is 8.54. The van der Waals surface area contributed by atoms with E-state index in [0.29, 0.717) is 11.8 Å². The van der Waals surface area contributed by atoms with Gasteiger partial charge in [0.15, 0.2) is 5.82 Å². The normalized spacial score (nSPS) is 23.2. The van der Waals surface area contributed by atoms with Gasteiger partial charge in [-0.2, -0.15) is 10.1 Å². The van der Waals surface area contributed by atoms with Crippen LogP contribution >= 0.6 is 0 Å². The number of nitrogens with zero attached hydrogens (tertiary/aromatic N) is 6. The molecule has 3 aromatic rings. The van der Waals surface area contributed by atoms with E-state index < -0.39 is 0 Å². The van der Waals surface area contributed by atoms with Gasteiger partial charge in [-0.3, -0.25) is 14.6 Å². The lowest BCUT2D eigenvalue weighted by molar-refractivity contribution is 0.307. The zero-order valence-corrected chi connectivity index (χ0v) is 17.2. The third-order valence-electron chi connectivity index (χ3n) is 6.73. The van der Waals surface area contributed by atoms with Crippen molar-refractivity contribution >= 4 is 0 Å². The summed E-state index contributed by atoms with van der Waals surface area (Å²) in [6.07, 6.45) is 10.7. The third-order valence-corrected chi connectivity index (χ3v) is 6.73. The number of aromatic nitrogens is 5. The van der Waals surface area contributed by atoms with Gasteiger partial charge in [-0.15, -0.1) is 0 Å². The summed E-state index contributed by atoms with van der Waals surface area (Å²) in [6.45, 7) is 4.86. The highest BCUT2D eigenvalue weighted by Crippen LogP contribution is 2.40. The molecule has 0 radical (unpaired) electrons. The molecule has 152 valence electrons. The van der Waals surface area contributed by atoms with E-state index >= 15 is 0 Å². The van der Waals surface area contributed by atoms with Crippen LogP contribution in [0.4, 0.5) is 0 Å². The molecule has 2 atom stereocenters. The quantitative estimate of drug-likeness (QED) is 0.661. The Morgan fingerprint density at radius 3 is 2.69 bits per heavy atom. The SMILES string of the molecule is Cc1c(CN2C[C@@H](c3cccnc3)[C@H](c3nc(C4CCCC4)no3)C2)cnn1C. The highest BCUT2D eigenvalue weighted by molar-refractivity contribution is 5.24. The molecular formula is C22H28N6O. The molecule has 1 saturated carbocycles. The second-order valence-corrected chi connectivity index (χ2v) is 8.54. The first-order chi connectivity index (χ1) is 14.2. The molecule has 7 heteroatoms. The topological polar surface area (TPSA) is 72.9 Å². The summed E-state index contributed by atoms with van der Waals surface area (Å²) < 4.78 is 7.75. The van der Waals surface area contributed by atoms with Crippen molar-refractivity contribution in [1.29, 1.82) is 0 Å². The van der Waals surface area contributed by atoms with E-state index in [4.69, 9.17) is 9.51 Å². The van der Waals surface area contributed by atoms with Crippen molar-refractivity contribution in [1.82, 2.24) is 29.8 Å². The predicted octanol–water partition coefficient (Wildman–Crippen LogP) is 3.55. The number of rotatable bonds is 5. The van der Waals surface area contributed by atoms with Gasteiger partial charge in [-0.1, -0.05) is 24.1 Å². The molecule has 1 aliphatic carbocycles. The fourth-order valence-electron chi connectivity index (χ4n) is 4.89. The maximum absolute atomic E-state index is 5.81. The van der Waals surface area contributed by atoms with E-state index in [9.17, 15) is 0 Å². The maximum atomic E-state index is 5.81. The molecule has 0 unspecified atom stereocenters. The van der Waals surface area contributed by atoms with Crippen molar-refractivity contribution in [2.75, 3.05) is 13.1 Å². The van der Waals surface area contributed by atoms with E-state index in [2.05, 4.69) is 33.1 Å². The molecule has 0 amide bonds. The van der Waals surface area contributed by atoms with Gasteiger partial charge in [0.1, 0.15) is 0 Å². The van der Waals surface area contributed by atoms with Gasteiger partial charge in [0.25, 0.3) is 0 Å².